The Bertz CT molecular complexity index is 628. The van der Waals surface area contributed by atoms with Crippen LogP contribution in [0.15, 0.2) is 48.5 Å². The summed E-state index contributed by atoms with van der Waals surface area (Å²) >= 11 is 0. The van der Waals surface area contributed by atoms with Crippen molar-refractivity contribution in [2.45, 2.75) is 13.5 Å². The number of aryl methyl sites for hydroxylation is 1. The Morgan fingerprint density at radius 2 is 1.81 bits per heavy atom. The average molecular weight is 286 g/mol. The highest BCUT2D eigenvalue weighted by atomic mass is 19.1. The van der Waals surface area contributed by atoms with Crippen molar-refractivity contribution >= 4 is 11.6 Å². The molecule has 0 aliphatic carbocycles. The van der Waals surface area contributed by atoms with E-state index in [0.29, 0.717) is 12.2 Å². The van der Waals surface area contributed by atoms with Gasteiger partial charge in [0.1, 0.15) is 5.82 Å². The van der Waals surface area contributed by atoms with E-state index in [1.807, 2.05) is 31.2 Å². The van der Waals surface area contributed by atoms with Crippen molar-refractivity contribution in [1.29, 1.82) is 0 Å². The highest BCUT2D eigenvalue weighted by Crippen LogP contribution is 2.13. The Labute approximate surface area is 124 Å². The van der Waals surface area contributed by atoms with Crippen LogP contribution in [0, 0.1) is 12.7 Å². The fraction of sp³-hybridized carbons (Fsp3) is 0.235. The van der Waals surface area contributed by atoms with Gasteiger partial charge in [-0.1, -0.05) is 36.4 Å². The summed E-state index contributed by atoms with van der Waals surface area (Å²) in [6.07, 6.45) is 0. The first-order valence-electron chi connectivity index (χ1n) is 6.85. The molecule has 0 aliphatic rings. The van der Waals surface area contributed by atoms with Gasteiger partial charge in [-0.25, -0.2) is 4.39 Å². The van der Waals surface area contributed by atoms with Crippen LogP contribution in [0.4, 0.5) is 10.1 Å². The normalized spacial score (nSPS) is 10.2. The van der Waals surface area contributed by atoms with Crippen LogP contribution in [0.2, 0.25) is 0 Å². The van der Waals surface area contributed by atoms with Crippen molar-refractivity contribution in [3.63, 3.8) is 0 Å². The van der Waals surface area contributed by atoms with E-state index < -0.39 is 0 Å². The number of hydrogen-bond donors (Lipinski definition) is 1. The number of nitrogens with zero attached hydrogens (tertiary/aromatic N) is 1. The lowest BCUT2D eigenvalue weighted by Gasteiger charge is -2.19. The minimum Gasteiger partial charge on any atom is -0.374 e. The number of anilines is 1. The second kappa shape index (κ2) is 6.88. The van der Waals surface area contributed by atoms with Gasteiger partial charge in [0.05, 0.1) is 12.2 Å². The molecule has 2 rings (SSSR count). The number of amides is 1. The van der Waals surface area contributed by atoms with Crippen LogP contribution in [0.3, 0.4) is 0 Å². The molecule has 0 saturated heterocycles. The molecular weight excluding hydrogens is 267 g/mol. The van der Waals surface area contributed by atoms with E-state index in [9.17, 15) is 9.18 Å². The van der Waals surface area contributed by atoms with Gasteiger partial charge in [0, 0.05) is 13.6 Å². The van der Waals surface area contributed by atoms with Crippen LogP contribution < -0.4 is 5.32 Å². The molecule has 0 spiro atoms. The fourth-order valence-corrected chi connectivity index (χ4v) is 2.04. The second-order valence-electron chi connectivity index (χ2n) is 5.01. The minimum absolute atomic E-state index is 0.0727. The van der Waals surface area contributed by atoms with Gasteiger partial charge in [-0.05, 0) is 30.2 Å². The number of likely N-dealkylation sites (N-methyl/N-ethyl adjacent to an activating group) is 1. The first-order chi connectivity index (χ1) is 10.1. The van der Waals surface area contributed by atoms with E-state index in [1.54, 1.807) is 30.1 Å². The number of benzene rings is 2. The number of nitrogens with one attached hydrogen (secondary N) is 1. The van der Waals surface area contributed by atoms with Crippen LogP contribution in [0.1, 0.15) is 11.1 Å². The van der Waals surface area contributed by atoms with Crippen molar-refractivity contribution in [3.8, 4) is 0 Å². The van der Waals surface area contributed by atoms with Gasteiger partial charge < -0.3 is 10.2 Å². The zero-order valence-corrected chi connectivity index (χ0v) is 12.3. The standard InChI is InChI=1S/C17H19FN2O/c1-13-7-3-4-8-14(13)12-20(2)17(21)11-19-16-10-6-5-9-15(16)18/h3-10,19H,11-12H2,1-2H3. The summed E-state index contributed by atoms with van der Waals surface area (Å²) in [5.41, 5.74) is 2.61. The maximum absolute atomic E-state index is 13.5. The highest BCUT2D eigenvalue weighted by molar-refractivity contribution is 5.80. The SMILES string of the molecule is Cc1ccccc1CN(C)C(=O)CNc1ccccc1F. The van der Waals surface area contributed by atoms with E-state index >= 15 is 0 Å². The Balaban J connectivity index is 1.91. The van der Waals surface area contributed by atoms with Crippen molar-refractivity contribution in [2.24, 2.45) is 0 Å². The Morgan fingerprint density at radius 1 is 1.14 bits per heavy atom. The summed E-state index contributed by atoms with van der Waals surface area (Å²) < 4.78 is 13.5. The van der Waals surface area contributed by atoms with Crippen molar-refractivity contribution in [3.05, 3.63) is 65.5 Å². The number of rotatable bonds is 5. The molecule has 0 saturated carbocycles. The highest BCUT2D eigenvalue weighted by Gasteiger charge is 2.11. The molecule has 21 heavy (non-hydrogen) atoms. The minimum atomic E-state index is -0.355. The van der Waals surface area contributed by atoms with Gasteiger partial charge in [0.15, 0.2) is 0 Å². The number of halogens is 1. The monoisotopic (exact) mass is 286 g/mol. The zero-order chi connectivity index (χ0) is 15.2. The molecule has 0 unspecified atom stereocenters. The average Bonchev–Trinajstić information content (AvgIpc) is 2.48. The molecule has 0 heterocycles. The van der Waals surface area contributed by atoms with E-state index in [4.69, 9.17) is 0 Å². The number of carbonyl (C=O) groups is 1. The van der Waals surface area contributed by atoms with Crippen LogP contribution in [-0.4, -0.2) is 24.4 Å². The van der Waals surface area contributed by atoms with Crippen molar-refractivity contribution < 1.29 is 9.18 Å². The van der Waals surface area contributed by atoms with Crippen LogP contribution in [0.25, 0.3) is 0 Å². The van der Waals surface area contributed by atoms with Crippen LogP contribution in [0.5, 0.6) is 0 Å². The van der Waals surface area contributed by atoms with Gasteiger partial charge >= 0.3 is 0 Å². The molecule has 1 amide bonds. The summed E-state index contributed by atoms with van der Waals surface area (Å²) in [6.45, 7) is 2.64. The van der Waals surface area contributed by atoms with E-state index in [1.165, 1.54) is 6.07 Å². The second-order valence-corrected chi connectivity index (χ2v) is 5.01. The summed E-state index contributed by atoms with van der Waals surface area (Å²) in [4.78, 5) is 13.7. The first-order valence-corrected chi connectivity index (χ1v) is 6.85. The third-order valence-corrected chi connectivity index (χ3v) is 3.40. The van der Waals surface area contributed by atoms with Crippen LogP contribution >= 0.6 is 0 Å². The van der Waals surface area contributed by atoms with Crippen molar-refractivity contribution in [2.75, 3.05) is 18.9 Å². The van der Waals surface area contributed by atoms with E-state index in [-0.39, 0.29) is 18.3 Å². The van der Waals surface area contributed by atoms with E-state index in [2.05, 4.69) is 5.32 Å². The molecule has 2 aromatic carbocycles. The summed E-state index contributed by atoms with van der Waals surface area (Å²) in [5, 5.41) is 2.83. The van der Waals surface area contributed by atoms with Gasteiger partial charge in [-0.3, -0.25) is 4.79 Å². The van der Waals surface area contributed by atoms with Crippen LogP contribution in [-0.2, 0) is 11.3 Å². The topological polar surface area (TPSA) is 32.3 Å². The number of hydrogen-bond acceptors (Lipinski definition) is 2. The molecule has 4 heteroatoms. The molecule has 0 aromatic heterocycles. The summed E-state index contributed by atoms with van der Waals surface area (Å²) in [5.74, 6) is -0.437. The number of para-hydroxylation sites is 1. The predicted octanol–water partition coefficient (Wildman–Crippen LogP) is 3.20. The smallest absolute Gasteiger partial charge is 0.241 e. The molecule has 0 aliphatic heterocycles. The Morgan fingerprint density at radius 3 is 2.52 bits per heavy atom. The lowest BCUT2D eigenvalue weighted by atomic mass is 10.1. The molecular formula is C17H19FN2O. The molecule has 2 aromatic rings. The third kappa shape index (κ3) is 4.05. The fourth-order valence-electron chi connectivity index (χ4n) is 2.04. The van der Waals surface area contributed by atoms with Crippen molar-refractivity contribution in [1.82, 2.24) is 4.90 Å². The van der Waals surface area contributed by atoms with Gasteiger partial charge in [0.25, 0.3) is 0 Å². The Kier molecular flexibility index (Phi) is 4.93. The Hall–Kier alpha value is -2.36. The molecule has 3 nitrogen and oxygen atoms in total. The zero-order valence-electron chi connectivity index (χ0n) is 12.3. The largest absolute Gasteiger partial charge is 0.374 e. The lowest BCUT2D eigenvalue weighted by Crippen LogP contribution is -2.32. The molecule has 0 atom stereocenters. The third-order valence-electron chi connectivity index (χ3n) is 3.40. The maximum atomic E-state index is 13.5. The molecule has 0 fully saturated rings. The lowest BCUT2D eigenvalue weighted by molar-refractivity contribution is -0.128. The van der Waals surface area contributed by atoms with Gasteiger partial charge in [-0.15, -0.1) is 0 Å². The molecule has 0 bridgehead atoms. The maximum Gasteiger partial charge on any atom is 0.241 e. The van der Waals surface area contributed by atoms with Gasteiger partial charge in [-0.2, -0.15) is 0 Å². The quantitative estimate of drug-likeness (QED) is 0.915. The molecule has 1 N–H and O–H groups in total. The molecule has 110 valence electrons. The van der Waals surface area contributed by atoms with Gasteiger partial charge in [0.2, 0.25) is 5.91 Å². The predicted molar refractivity (Wildman–Crippen MR) is 82.5 cm³/mol. The summed E-state index contributed by atoms with van der Waals surface area (Å²) in [6, 6.07) is 14.3. The molecule has 0 radical (unpaired) electrons. The first kappa shape index (κ1) is 15.0. The van der Waals surface area contributed by atoms with E-state index in [0.717, 1.165) is 11.1 Å². The number of carbonyl (C=O) groups excluding carboxylic acids is 1. The summed E-state index contributed by atoms with van der Waals surface area (Å²) in [7, 11) is 1.75.